The molecule has 0 radical (unpaired) electrons. The number of aryl methyl sites for hydroxylation is 1. The van der Waals surface area contributed by atoms with Crippen LogP contribution >= 0.6 is 0 Å². The second kappa shape index (κ2) is 10.1. The second-order valence-electron chi connectivity index (χ2n) is 7.70. The van der Waals surface area contributed by atoms with Crippen molar-refractivity contribution >= 4 is 23.4 Å². The lowest BCUT2D eigenvalue weighted by molar-refractivity contribution is -0.124. The molecule has 1 aliphatic rings. The summed E-state index contributed by atoms with van der Waals surface area (Å²) >= 11 is 0. The highest BCUT2D eigenvalue weighted by Gasteiger charge is 2.34. The summed E-state index contributed by atoms with van der Waals surface area (Å²) in [4.78, 5) is 39.4. The van der Waals surface area contributed by atoms with Gasteiger partial charge in [-0.1, -0.05) is 31.0 Å². The van der Waals surface area contributed by atoms with E-state index in [2.05, 4.69) is 17.6 Å². The van der Waals surface area contributed by atoms with E-state index in [1.54, 1.807) is 41.3 Å². The van der Waals surface area contributed by atoms with Gasteiger partial charge in [0.15, 0.2) is 0 Å². The number of unbranched alkanes of at least 4 members (excludes halogenated alkanes) is 1. The van der Waals surface area contributed by atoms with Gasteiger partial charge < -0.3 is 15.5 Å². The summed E-state index contributed by atoms with van der Waals surface area (Å²) in [6.07, 6.45) is 3.46. The number of nitrogens with zero attached hydrogens (tertiary/aromatic N) is 1. The van der Waals surface area contributed by atoms with Crippen LogP contribution in [0.5, 0.6) is 0 Å². The first kappa shape index (κ1) is 21.6. The van der Waals surface area contributed by atoms with Crippen molar-refractivity contribution in [2.75, 3.05) is 18.4 Å². The molecule has 0 unspecified atom stereocenters. The number of carbonyl (C=O) groups excluding carboxylic acids is 3. The molecule has 2 aromatic rings. The Morgan fingerprint density at radius 2 is 1.67 bits per heavy atom. The van der Waals surface area contributed by atoms with Crippen LogP contribution in [0, 0.1) is 6.92 Å². The van der Waals surface area contributed by atoms with Crippen LogP contribution in [0.1, 0.15) is 58.9 Å². The van der Waals surface area contributed by atoms with Gasteiger partial charge in [-0.25, -0.2) is 0 Å². The maximum absolute atomic E-state index is 12.9. The van der Waals surface area contributed by atoms with Crippen LogP contribution in [-0.4, -0.2) is 41.8 Å². The molecule has 3 amide bonds. The summed E-state index contributed by atoms with van der Waals surface area (Å²) in [5.74, 6) is -0.423. The second-order valence-corrected chi connectivity index (χ2v) is 7.70. The van der Waals surface area contributed by atoms with Gasteiger partial charge in [-0.05, 0) is 62.6 Å². The lowest BCUT2D eigenvalue weighted by atomic mass is 10.1. The molecule has 0 saturated carbocycles. The molecule has 1 saturated heterocycles. The van der Waals surface area contributed by atoms with Crippen molar-refractivity contribution in [3.05, 3.63) is 65.2 Å². The number of anilines is 1. The van der Waals surface area contributed by atoms with Crippen molar-refractivity contribution in [1.29, 1.82) is 0 Å². The third-order valence-corrected chi connectivity index (χ3v) is 5.35. The Hall–Kier alpha value is -3.15. The summed E-state index contributed by atoms with van der Waals surface area (Å²) in [5, 5.41) is 5.77. The normalized spacial score (nSPS) is 15.7. The van der Waals surface area contributed by atoms with Crippen molar-refractivity contribution in [3.8, 4) is 0 Å². The third-order valence-electron chi connectivity index (χ3n) is 5.35. The van der Waals surface area contributed by atoms with Crippen LogP contribution in [0.2, 0.25) is 0 Å². The van der Waals surface area contributed by atoms with Crippen LogP contribution in [0.3, 0.4) is 0 Å². The van der Waals surface area contributed by atoms with Gasteiger partial charge in [0, 0.05) is 29.9 Å². The fourth-order valence-electron chi connectivity index (χ4n) is 3.56. The summed E-state index contributed by atoms with van der Waals surface area (Å²) in [5.41, 5.74) is 2.80. The molecule has 2 aromatic carbocycles. The minimum Gasteiger partial charge on any atom is -0.354 e. The average Bonchev–Trinajstić information content (AvgIpc) is 3.24. The SMILES string of the molecule is CCCCNC(=O)[C@H]1CCCN1C(=O)c1ccc(NC(=O)c2ccc(C)cc2)cc1. The summed E-state index contributed by atoms with van der Waals surface area (Å²) in [6.45, 7) is 5.27. The molecule has 0 bridgehead atoms. The van der Waals surface area contributed by atoms with Crippen molar-refractivity contribution in [1.82, 2.24) is 10.2 Å². The number of hydrogen-bond donors (Lipinski definition) is 2. The molecule has 1 atom stereocenters. The molecular weight excluding hydrogens is 378 g/mol. The number of rotatable bonds is 7. The Kier molecular flexibility index (Phi) is 7.22. The minimum atomic E-state index is -0.407. The van der Waals surface area contributed by atoms with E-state index in [0.29, 0.717) is 36.3 Å². The zero-order chi connectivity index (χ0) is 21.5. The maximum atomic E-state index is 12.9. The van der Waals surface area contributed by atoms with Gasteiger partial charge in [0.05, 0.1) is 0 Å². The van der Waals surface area contributed by atoms with E-state index in [4.69, 9.17) is 0 Å². The zero-order valence-corrected chi connectivity index (χ0v) is 17.6. The number of amides is 3. The average molecular weight is 408 g/mol. The highest BCUT2D eigenvalue weighted by molar-refractivity contribution is 6.04. The summed E-state index contributed by atoms with van der Waals surface area (Å²) in [6, 6.07) is 13.7. The van der Waals surface area contributed by atoms with E-state index in [1.165, 1.54) is 0 Å². The third kappa shape index (κ3) is 5.26. The largest absolute Gasteiger partial charge is 0.354 e. The van der Waals surface area contributed by atoms with Crippen molar-refractivity contribution in [2.45, 2.75) is 45.6 Å². The van der Waals surface area contributed by atoms with Crippen molar-refractivity contribution in [2.24, 2.45) is 0 Å². The van der Waals surface area contributed by atoms with E-state index in [1.807, 2.05) is 19.1 Å². The first-order valence-corrected chi connectivity index (χ1v) is 10.6. The quantitative estimate of drug-likeness (QED) is 0.686. The van der Waals surface area contributed by atoms with Crippen LogP contribution < -0.4 is 10.6 Å². The van der Waals surface area contributed by atoms with Crippen LogP contribution in [0.4, 0.5) is 5.69 Å². The van der Waals surface area contributed by atoms with E-state index in [-0.39, 0.29) is 17.7 Å². The molecular formula is C24H29N3O3. The Morgan fingerprint density at radius 1 is 1.00 bits per heavy atom. The van der Waals surface area contributed by atoms with Gasteiger partial charge in [-0.15, -0.1) is 0 Å². The highest BCUT2D eigenvalue weighted by Crippen LogP contribution is 2.21. The maximum Gasteiger partial charge on any atom is 0.255 e. The highest BCUT2D eigenvalue weighted by atomic mass is 16.2. The number of carbonyl (C=O) groups is 3. The first-order chi connectivity index (χ1) is 14.5. The van der Waals surface area contributed by atoms with Crippen LogP contribution in [-0.2, 0) is 4.79 Å². The summed E-state index contributed by atoms with van der Waals surface area (Å²) < 4.78 is 0. The molecule has 6 heteroatoms. The predicted octanol–water partition coefficient (Wildman–Crippen LogP) is 3.77. The fraction of sp³-hybridized carbons (Fsp3) is 0.375. The molecule has 0 aromatic heterocycles. The molecule has 0 aliphatic carbocycles. The van der Waals surface area contributed by atoms with Gasteiger partial charge in [-0.3, -0.25) is 14.4 Å². The zero-order valence-electron chi connectivity index (χ0n) is 17.6. The van der Waals surface area contributed by atoms with Crippen molar-refractivity contribution in [3.63, 3.8) is 0 Å². The molecule has 1 fully saturated rings. The Bertz CT molecular complexity index is 891. The minimum absolute atomic E-state index is 0.0729. The Labute approximate surface area is 177 Å². The molecule has 30 heavy (non-hydrogen) atoms. The van der Waals surface area contributed by atoms with E-state index >= 15 is 0 Å². The molecule has 0 spiro atoms. The van der Waals surface area contributed by atoms with E-state index in [0.717, 1.165) is 24.8 Å². The monoisotopic (exact) mass is 407 g/mol. The van der Waals surface area contributed by atoms with Crippen LogP contribution in [0.15, 0.2) is 48.5 Å². The molecule has 1 heterocycles. The number of nitrogens with one attached hydrogen (secondary N) is 2. The number of benzene rings is 2. The molecule has 158 valence electrons. The van der Waals surface area contributed by atoms with Gasteiger partial charge in [0.1, 0.15) is 6.04 Å². The topological polar surface area (TPSA) is 78.5 Å². The van der Waals surface area contributed by atoms with Crippen LogP contribution in [0.25, 0.3) is 0 Å². The smallest absolute Gasteiger partial charge is 0.255 e. The molecule has 6 nitrogen and oxygen atoms in total. The number of likely N-dealkylation sites (tertiary alicyclic amines) is 1. The Balaban J connectivity index is 1.62. The Morgan fingerprint density at radius 3 is 2.33 bits per heavy atom. The summed E-state index contributed by atoms with van der Waals surface area (Å²) in [7, 11) is 0. The van der Waals surface area contributed by atoms with Gasteiger partial charge >= 0.3 is 0 Å². The number of hydrogen-bond acceptors (Lipinski definition) is 3. The van der Waals surface area contributed by atoms with Gasteiger partial charge in [0.25, 0.3) is 11.8 Å². The first-order valence-electron chi connectivity index (χ1n) is 10.6. The standard InChI is InChI=1S/C24H29N3O3/c1-3-4-15-25-23(29)21-6-5-16-27(21)24(30)19-11-13-20(14-12-19)26-22(28)18-9-7-17(2)8-10-18/h7-14,21H,3-6,15-16H2,1-2H3,(H,25,29)(H,26,28)/t21-/m1/s1. The fourth-order valence-corrected chi connectivity index (χ4v) is 3.56. The van der Waals surface area contributed by atoms with Crippen molar-refractivity contribution < 1.29 is 14.4 Å². The molecule has 3 rings (SSSR count). The van der Waals surface area contributed by atoms with Gasteiger partial charge in [-0.2, -0.15) is 0 Å². The van der Waals surface area contributed by atoms with Gasteiger partial charge in [0.2, 0.25) is 5.91 Å². The van der Waals surface area contributed by atoms with E-state index in [9.17, 15) is 14.4 Å². The molecule has 2 N–H and O–H groups in total. The lowest BCUT2D eigenvalue weighted by Crippen LogP contribution is -2.46. The predicted molar refractivity (Wildman–Crippen MR) is 118 cm³/mol. The molecule has 1 aliphatic heterocycles. The van der Waals surface area contributed by atoms with E-state index < -0.39 is 6.04 Å². The lowest BCUT2D eigenvalue weighted by Gasteiger charge is -2.24.